The monoisotopic (exact) mass is 341 g/mol. The van der Waals surface area contributed by atoms with Crippen LogP contribution in [-0.4, -0.2) is 27.6 Å². The first kappa shape index (κ1) is 16.4. The van der Waals surface area contributed by atoms with E-state index in [0.29, 0.717) is 29.6 Å². The zero-order valence-electron chi connectivity index (χ0n) is 13.7. The lowest BCUT2D eigenvalue weighted by Gasteiger charge is -2.17. The van der Waals surface area contributed by atoms with Gasteiger partial charge >= 0.3 is 0 Å². The molecular weight excluding hydrogens is 322 g/mol. The summed E-state index contributed by atoms with van der Waals surface area (Å²) in [5, 5.41) is 7.49. The summed E-state index contributed by atoms with van der Waals surface area (Å²) in [5.74, 6) is -0.176. The Hall–Kier alpha value is -2.47. The van der Waals surface area contributed by atoms with Gasteiger partial charge in [-0.3, -0.25) is 9.59 Å². The zero-order chi connectivity index (χ0) is 17.1. The molecule has 3 aromatic rings. The average molecular weight is 341 g/mol. The van der Waals surface area contributed by atoms with Crippen LogP contribution in [0.25, 0.3) is 10.8 Å². The first-order valence-electron chi connectivity index (χ1n) is 7.89. The molecule has 0 N–H and O–H groups in total. The normalized spacial score (nSPS) is 10.9. The minimum atomic E-state index is -0.176. The Bertz CT molecular complexity index is 916. The Balaban J connectivity index is 2.05. The highest BCUT2D eigenvalue weighted by Gasteiger charge is 2.20. The van der Waals surface area contributed by atoms with E-state index >= 15 is 0 Å². The predicted molar refractivity (Wildman–Crippen MR) is 96.4 cm³/mol. The van der Waals surface area contributed by atoms with Gasteiger partial charge < -0.3 is 4.90 Å². The van der Waals surface area contributed by atoms with E-state index in [2.05, 4.69) is 5.10 Å². The molecule has 0 bridgehead atoms. The highest BCUT2D eigenvalue weighted by molar-refractivity contribution is 7.09. The quantitative estimate of drug-likeness (QED) is 0.716. The van der Waals surface area contributed by atoms with E-state index in [0.717, 1.165) is 11.3 Å². The molecule has 3 rings (SSSR count). The number of carbonyl (C=O) groups is 1. The minimum Gasteiger partial charge on any atom is -0.335 e. The first-order chi connectivity index (χ1) is 11.6. The lowest BCUT2D eigenvalue weighted by atomic mass is 10.1. The summed E-state index contributed by atoms with van der Waals surface area (Å²) in [4.78, 5) is 28.2. The van der Waals surface area contributed by atoms with Gasteiger partial charge in [-0.1, -0.05) is 31.2 Å². The first-order valence-corrected chi connectivity index (χ1v) is 8.77. The van der Waals surface area contributed by atoms with Gasteiger partial charge in [0.2, 0.25) is 0 Å². The molecule has 0 aliphatic rings. The molecule has 5 nitrogen and oxygen atoms in total. The lowest BCUT2D eigenvalue weighted by Crippen LogP contribution is -2.31. The van der Waals surface area contributed by atoms with Gasteiger partial charge in [-0.25, -0.2) is 4.68 Å². The van der Waals surface area contributed by atoms with Crippen molar-refractivity contribution < 1.29 is 4.79 Å². The Labute approximate surface area is 144 Å². The molecular formula is C18H19N3O2S. The highest BCUT2D eigenvalue weighted by Crippen LogP contribution is 2.17. The van der Waals surface area contributed by atoms with Crippen LogP contribution in [0.5, 0.6) is 0 Å². The second kappa shape index (κ2) is 6.97. The molecule has 0 unspecified atom stereocenters. The molecule has 24 heavy (non-hydrogen) atoms. The minimum absolute atomic E-state index is 0.148. The number of aryl methyl sites for hydroxylation is 1. The van der Waals surface area contributed by atoms with Crippen molar-refractivity contribution in [3.8, 4) is 0 Å². The van der Waals surface area contributed by atoms with E-state index in [1.165, 1.54) is 4.68 Å². The molecule has 1 aromatic carbocycles. The molecule has 0 aliphatic carbocycles. The number of benzene rings is 1. The van der Waals surface area contributed by atoms with E-state index in [1.54, 1.807) is 35.4 Å². The van der Waals surface area contributed by atoms with Gasteiger partial charge in [-0.15, -0.1) is 11.3 Å². The van der Waals surface area contributed by atoms with Crippen LogP contribution in [-0.2, 0) is 13.1 Å². The van der Waals surface area contributed by atoms with Crippen LogP contribution in [0, 0.1) is 0 Å². The number of aromatic nitrogens is 2. The largest absolute Gasteiger partial charge is 0.335 e. The molecule has 2 heterocycles. The van der Waals surface area contributed by atoms with Crippen LogP contribution in [0.2, 0.25) is 0 Å². The van der Waals surface area contributed by atoms with Crippen molar-refractivity contribution in [2.45, 2.75) is 26.4 Å². The Morgan fingerprint density at radius 1 is 1.21 bits per heavy atom. The van der Waals surface area contributed by atoms with Crippen molar-refractivity contribution in [3.05, 3.63) is 62.7 Å². The zero-order valence-corrected chi connectivity index (χ0v) is 14.5. The molecule has 124 valence electrons. The molecule has 0 saturated carbocycles. The topological polar surface area (TPSA) is 55.2 Å². The van der Waals surface area contributed by atoms with Gasteiger partial charge in [0.1, 0.15) is 0 Å². The van der Waals surface area contributed by atoms with Crippen LogP contribution >= 0.6 is 11.3 Å². The summed E-state index contributed by atoms with van der Waals surface area (Å²) < 4.78 is 1.40. The van der Waals surface area contributed by atoms with Crippen molar-refractivity contribution in [3.63, 3.8) is 0 Å². The van der Waals surface area contributed by atoms with Crippen LogP contribution in [0.1, 0.15) is 28.7 Å². The Morgan fingerprint density at radius 3 is 2.62 bits per heavy atom. The Morgan fingerprint density at radius 2 is 1.96 bits per heavy atom. The van der Waals surface area contributed by atoms with Gasteiger partial charge in [0.05, 0.1) is 11.9 Å². The van der Waals surface area contributed by atoms with E-state index in [-0.39, 0.29) is 11.5 Å². The van der Waals surface area contributed by atoms with Gasteiger partial charge in [0.25, 0.3) is 11.5 Å². The number of fused-ring (bicyclic) bond motifs is 1. The third kappa shape index (κ3) is 3.10. The molecule has 2 aromatic heterocycles. The van der Waals surface area contributed by atoms with Gasteiger partial charge in [-0.05, 0) is 23.9 Å². The SMILES string of the molecule is CCCn1nc(C(=O)N(C)Cc2cccs2)c2ccccc2c1=O. The van der Waals surface area contributed by atoms with Crippen molar-refractivity contribution in [2.24, 2.45) is 0 Å². The van der Waals surface area contributed by atoms with E-state index in [1.807, 2.05) is 36.6 Å². The predicted octanol–water partition coefficient (Wildman–Crippen LogP) is 3.14. The summed E-state index contributed by atoms with van der Waals surface area (Å²) in [5.41, 5.74) is 0.183. The second-order valence-corrected chi connectivity index (χ2v) is 6.70. The number of carbonyl (C=O) groups excluding carboxylic acids is 1. The maximum Gasteiger partial charge on any atom is 0.275 e. The molecule has 6 heteroatoms. The summed E-state index contributed by atoms with van der Waals surface area (Å²) >= 11 is 1.61. The van der Waals surface area contributed by atoms with Crippen LogP contribution in [0.4, 0.5) is 0 Å². The lowest BCUT2D eigenvalue weighted by molar-refractivity contribution is 0.0780. The number of hydrogen-bond acceptors (Lipinski definition) is 4. The molecule has 1 amide bonds. The fourth-order valence-electron chi connectivity index (χ4n) is 2.65. The smallest absolute Gasteiger partial charge is 0.275 e. The molecule has 0 aliphatic heterocycles. The van der Waals surface area contributed by atoms with Crippen molar-refractivity contribution in [1.82, 2.24) is 14.7 Å². The van der Waals surface area contributed by atoms with Crippen molar-refractivity contribution in [1.29, 1.82) is 0 Å². The number of amides is 1. The summed E-state index contributed by atoms with van der Waals surface area (Å²) in [7, 11) is 1.76. The van der Waals surface area contributed by atoms with Crippen molar-refractivity contribution in [2.75, 3.05) is 7.05 Å². The molecule has 0 fully saturated rings. The maximum atomic E-state index is 12.9. The van der Waals surface area contributed by atoms with Crippen LogP contribution in [0.15, 0.2) is 46.6 Å². The number of rotatable bonds is 5. The number of nitrogens with zero attached hydrogens (tertiary/aromatic N) is 3. The fraction of sp³-hybridized carbons (Fsp3) is 0.278. The van der Waals surface area contributed by atoms with Gasteiger partial charge in [0, 0.05) is 23.9 Å². The second-order valence-electron chi connectivity index (χ2n) is 5.66. The van der Waals surface area contributed by atoms with E-state index in [9.17, 15) is 9.59 Å². The summed E-state index contributed by atoms with van der Waals surface area (Å²) in [6.45, 7) is 3.01. The third-order valence-corrected chi connectivity index (χ3v) is 4.69. The fourth-order valence-corrected chi connectivity index (χ4v) is 3.40. The molecule has 0 saturated heterocycles. The number of thiophene rings is 1. The van der Waals surface area contributed by atoms with Gasteiger partial charge in [-0.2, -0.15) is 5.10 Å². The Kier molecular flexibility index (Phi) is 4.76. The summed E-state index contributed by atoms with van der Waals surface area (Å²) in [6, 6.07) is 11.1. The van der Waals surface area contributed by atoms with Crippen molar-refractivity contribution >= 4 is 28.0 Å². The average Bonchev–Trinajstić information content (AvgIpc) is 3.10. The summed E-state index contributed by atoms with van der Waals surface area (Å²) in [6.07, 6.45) is 0.782. The highest BCUT2D eigenvalue weighted by atomic mass is 32.1. The van der Waals surface area contributed by atoms with Crippen LogP contribution < -0.4 is 5.56 Å². The molecule has 0 radical (unpaired) electrons. The number of hydrogen-bond donors (Lipinski definition) is 0. The van der Waals surface area contributed by atoms with Gasteiger partial charge in [0.15, 0.2) is 5.69 Å². The standard InChI is InChI=1S/C18H19N3O2S/c1-3-10-21-17(22)15-9-5-4-8-14(15)16(19-21)18(23)20(2)12-13-7-6-11-24-13/h4-9,11H,3,10,12H2,1-2H3. The van der Waals surface area contributed by atoms with Crippen LogP contribution in [0.3, 0.4) is 0 Å². The molecule has 0 atom stereocenters. The maximum absolute atomic E-state index is 12.9. The molecule has 0 spiro atoms. The van der Waals surface area contributed by atoms with E-state index in [4.69, 9.17) is 0 Å². The van der Waals surface area contributed by atoms with E-state index < -0.39 is 0 Å². The third-order valence-electron chi connectivity index (χ3n) is 3.83.